The van der Waals surface area contributed by atoms with Gasteiger partial charge in [0.25, 0.3) is 0 Å². The molecular formula is C40H49NO3. The van der Waals surface area contributed by atoms with Crippen molar-refractivity contribution in [1.29, 1.82) is 0 Å². The number of fused-ring (bicyclic) bond motifs is 8. The average Bonchev–Trinajstić information content (AvgIpc) is 3.29. The minimum atomic E-state index is -0.828. The molecular weight excluding hydrogens is 542 g/mol. The lowest BCUT2D eigenvalue weighted by Crippen LogP contribution is -2.53. The first kappa shape index (κ1) is 31.0. The van der Waals surface area contributed by atoms with Crippen LogP contribution in [-0.4, -0.2) is 52.2 Å². The Hall–Kier alpha value is -3.05. The van der Waals surface area contributed by atoms with Gasteiger partial charge in [-0.25, -0.2) is 0 Å². The summed E-state index contributed by atoms with van der Waals surface area (Å²) in [6.07, 6.45) is 10.9. The molecule has 2 fully saturated rings. The highest BCUT2D eigenvalue weighted by atomic mass is 16.3. The second-order valence-electron chi connectivity index (χ2n) is 14.0. The number of piperidine rings is 1. The molecule has 3 aromatic rings. The lowest BCUT2D eigenvalue weighted by Gasteiger charge is -2.46. The van der Waals surface area contributed by atoms with Crippen molar-refractivity contribution in [2.45, 2.75) is 95.7 Å². The number of β-amino-alcohol motifs (C(OH)–C–C–N with tert-alkyl or cyclic N) is 1. The first-order valence-electron chi connectivity index (χ1n) is 16.9. The third-order valence-corrected chi connectivity index (χ3v) is 11.1. The molecule has 4 atom stereocenters. The van der Waals surface area contributed by atoms with Gasteiger partial charge in [-0.3, -0.25) is 4.79 Å². The van der Waals surface area contributed by atoms with Crippen LogP contribution < -0.4 is 0 Å². The van der Waals surface area contributed by atoms with Gasteiger partial charge in [0.15, 0.2) is 5.78 Å². The van der Waals surface area contributed by atoms with E-state index in [1.807, 2.05) is 42.5 Å². The molecule has 0 radical (unpaired) electrons. The van der Waals surface area contributed by atoms with Crippen LogP contribution in [0.2, 0.25) is 0 Å². The topological polar surface area (TPSA) is 60.8 Å². The number of benzene rings is 3. The van der Waals surface area contributed by atoms with Crippen LogP contribution in [0.3, 0.4) is 0 Å². The molecule has 1 saturated heterocycles. The molecule has 4 nitrogen and oxygen atoms in total. The molecule has 1 aliphatic heterocycles. The standard InChI is InChI=1S/C40H49NO3/c1-29-12-11-22-39(2)37(21-23-40(39,44)28-41-24-9-4-10-25-41)34-20-18-30(26-32(42)19-17-29)27-36(34)38(43)35-16-8-7-15-33(35)31-13-5-3-6-14-31/h3,5-8,12-16,18,20,27,32,37,42,44H,4,9-11,17,19,21-26,28H2,1-2H3. The fraction of sp³-hybridized carbons (Fsp3) is 0.475. The van der Waals surface area contributed by atoms with Crippen LogP contribution in [0.5, 0.6) is 0 Å². The van der Waals surface area contributed by atoms with Gasteiger partial charge >= 0.3 is 0 Å². The number of carbonyl (C=O) groups excluding carboxylic acids is 1. The highest BCUT2D eigenvalue weighted by Gasteiger charge is 2.57. The zero-order valence-corrected chi connectivity index (χ0v) is 26.6. The lowest BCUT2D eigenvalue weighted by molar-refractivity contribution is -0.0857. The van der Waals surface area contributed by atoms with Crippen LogP contribution in [0.25, 0.3) is 11.1 Å². The molecule has 1 saturated carbocycles. The van der Waals surface area contributed by atoms with E-state index in [0.29, 0.717) is 24.9 Å². The Morgan fingerprint density at radius 2 is 1.66 bits per heavy atom. The number of nitrogens with zero attached hydrogens (tertiary/aromatic N) is 1. The van der Waals surface area contributed by atoms with Crippen molar-refractivity contribution in [3.63, 3.8) is 0 Å². The third kappa shape index (κ3) is 6.22. The molecule has 0 amide bonds. The summed E-state index contributed by atoms with van der Waals surface area (Å²) in [5.41, 5.74) is 5.50. The average molecular weight is 592 g/mol. The van der Waals surface area contributed by atoms with Gasteiger partial charge in [-0.05, 0) is 112 Å². The Balaban J connectivity index is 1.46. The fourth-order valence-electron chi connectivity index (χ4n) is 8.38. The summed E-state index contributed by atoms with van der Waals surface area (Å²) in [7, 11) is 0. The molecule has 2 bridgehead atoms. The maximum Gasteiger partial charge on any atom is 0.193 e. The van der Waals surface area contributed by atoms with Crippen molar-refractivity contribution in [3.05, 3.63) is 107 Å². The van der Waals surface area contributed by atoms with Crippen LogP contribution in [0.15, 0.2) is 84.4 Å². The highest BCUT2D eigenvalue weighted by Crippen LogP contribution is 2.59. The van der Waals surface area contributed by atoms with E-state index < -0.39 is 11.7 Å². The second-order valence-corrected chi connectivity index (χ2v) is 14.0. The zero-order valence-electron chi connectivity index (χ0n) is 26.6. The van der Waals surface area contributed by atoms with E-state index in [2.05, 4.69) is 55.2 Å². The van der Waals surface area contributed by atoms with Gasteiger partial charge in [-0.1, -0.05) is 91.7 Å². The predicted octanol–water partition coefficient (Wildman–Crippen LogP) is 8.11. The van der Waals surface area contributed by atoms with E-state index in [1.165, 1.54) is 24.8 Å². The Labute approximate surface area is 263 Å². The van der Waals surface area contributed by atoms with Gasteiger partial charge in [0.1, 0.15) is 0 Å². The van der Waals surface area contributed by atoms with E-state index in [1.54, 1.807) is 0 Å². The van der Waals surface area contributed by atoms with E-state index in [-0.39, 0.29) is 17.1 Å². The molecule has 44 heavy (non-hydrogen) atoms. The lowest BCUT2D eigenvalue weighted by atomic mass is 9.64. The van der Waals surface area contributed by atoms with Crippen molar-refractivity contribution in [2.24, 2.45) is 5.41 Å². The van der Waals surface area contributed by atoms with Crippen LogP contribution in [0.4, 0.5) is 0 Å². The Morgan fingerprint density at radius 3 is 2.45 bits per heavy atom. The number of ketones is 1. The van der Waals surface area contributed by atoms with Crippen LogP contribution in [0.1, 0.15) is 105 Å². The number of likely N-dealkylation sites (tertiary alicyclic amines) is 1. The summed E-state index contributed by atoms with van der Waals surface area (Å²) in [5, 5.41) is 23.6. The van der Waals surface area contributed by atoms with Crippen molar-refractivity contribution >= 4 is 5.78 Å². The number of aliphatic hydroxyl groups excluding tert-OH is 1. The smallest absolute Gasteiger partial charge is 0.193 e. The molecule has 4 aliphatic rings. The first-order chi connectivity index (χ1) is 21.3. The van der Waals surface area contributed by atoms with E-state index in [0.717, 1.165) is 73.0 Å². The zero-order chi connectivity index (χ0) is 30.7. The normalized spacial score (nSPS) is 28.2. The minimum Gasteiger partial charge on any atom is -0.393 e. The van der Waals surface area contributed by atoms with E-state index >= 15 is 0 Å². The summed E-state index contributed by atoms with van der Waals surface area (Å²) in [4.78, 5) is 17.2. The van der Waals surface area contributed by atoms with Crippen molar-refractivity contribution in [2.75, 3.05) is 19.6 Å². The monoisotopic (exact) mass is 591 g/mol. The predicted molar refractivity (Wildman–Crippen MR) is 179 cm³/mol. The molecule has 4 heteroatoms. The number of aliphatic hydroxyl groups is 2. The summed E-state index contributed by atoms with van der Waals surface area (Å²) in [6, 6.07) is 24.4. The van der Waals surface area contributed by atoms with Crippen LogP contribution >= 0.6 is 0 Å². The van der Waals surface area contributed by atoms with Gasteiger partial charge in [-0.15, -0.1) is 0 Å². The van der Waals surface area contributed by atoms with Gasteiger partial charge in [0.2, 0.25) is 0 Å². The molecule has 0 spiro atoms. The van der Waals surface area contributed by atoms with E-state index in [4.69, 9.17) is 0 Å². The summed E-state index contributed by atoms with van der Waals surface area (Å²) in [5.74, 6) is 0.0724. The second kappa shape index (κ2) is 13.1. The Bertz CT molecular complexity index is 1490. The SMILES string of the molecule is CC1=CCCC2(C)C(CCC2(O)CN2CCCCC2)c2ccc(cc2C(=O)c2ccccc2-c2ccccc2)CC(O)CC1. The van der Waals surface area contributed by atoms with Crippen molar-refractivity contribution in [1.82, 2.24) is 4.90 Å². The number of hydrogen-bond acceptors (Lipinski definition) is 4. The molecule has 1 heterocycles. The number of allylic oxidation sites excluding steroid dienone is 2. The first-order valence-corrected chi connectivity index (χ1v) is 16.9. The molecule has 4 unspecified atom stereocenters. The maximum atomic E-state index is 14.7. The molecule has 0 aromatic heterocycles. The Morgan fingerprint density at radius 1 is 0.909 bits per heavy atom. The molecule has 3 aromatic carbocycles. The minimum absolute atomic E-state index is 0.0208. The van der Waals surface area contributed by atoms with Gasteiger partial charge in [0.05, 0.1) is 11.7 Å². The molecule has 232 valence electrons. The fourth-order valence-corrected chi connectivity index (χ4v) is 8.38. The summed E-state index contributed by atoms with van der Waals surface area (Å²) in [6.45, 7) is 7.28. The molecule has 7 rings (SSSR count). The number of rotatable bonds is 5. The highest BCUT2D eigenvalue weighted by molar-refractivity contribution is 6.13. The summed E-state index contributed by atoms with van der Waals surface area (Å²) >= 11 is 0. The van der Waals surface area contributed by atoms with Crippen LogP contribution in [-0.2, 0) is 6.42 Å². The molecule has 3 aliphatic carbocycles. The van der Waals surface area contributed by atoms with Gasteiger partial charge < -0.3 is 15.1 Å². The number of hydrogen-bond donors (Lipinski definition) is 2. The maximum absolute atomic E-state index is 14.7. The van der Waals surface area contributed by atoms with Gasteiger partial charge in [-0.2, -0.15) is 0 Å². The van der Waals surface area contributed by atoms with Crippen molar-refractivity contribution in [3.8, 4) is 11.1 Å². The van der Waals surface area contributed by atoms with Gasteiger partial charge in [0, 0.05) is 23.1 Å². The summed E-state index contributed by atoms with van der Waals surface area (Å²) < 4.78 is 0. The van der Waals surface area contributed by atoms with E-state index in [9.17, 15) is 15.0 Å². The quantitative estimate of drug-likeness (QED) is 0.232. The number of carbonyl (C=O) groups is 1. The largest absolute Gasteiger partial charge is 0.393 e. The Kier molecular flexibility index (Phi) is 9.23. The third-order valence-electron chi connectivity index (χ3n) is 11.1. The van der Waals surface area contributed by atoms with Crippen LogP contribution in [0, 0.1) is 5.41 Å². The van der Waals surface area contributed by atoms with Crippen molar-refractivity contribution < 1.29 is 15.0 Å². The molecule has 2 N–H and O–H groups in total.